The van der Waals surface area contributed by atoms with E-state index < -0.39 is 40.9 Å². The van der Waals surface area contributed by atoms with Gasteiger partial charge in [-0.3, -0.25) is 14.4 Å². The molecular formula is C32H45NO7. The molecular weight excluding hydrogens is 510 g/mol. The lowest BCUT2D eigenvalue weighted by molar-refractivity contribution is -0.210. The Morgan fingerprint density at radius 2 is 1.95 bits per heavy atom. The molecule has 0 aromatic carbocycles. The van der Waals surface area contributed by atoms with Crippen molar-refractivity contribution in [3.05, 3.63) is 23.8 Å². The molecule has 5 aliphatic carbocycles. The van der Waals surface area contributed by atoms with E-state index in [4.69, 9.17) is 19.9 Å². The molecule has 1 aliphatic heterocycles. The van der Waals surface area contributed by atoms with Crippen molar-refractivity contribution in [2.24, 2.45) is 40.2 Å². The van der Waals surface area contributed by atoms with Gasteiger partial charge in [-0.1, -0.05) is 44.8 Å². The summed E-state index contributed by atoms with van der Waals surface area (Å²) < 4.78 is 19.0. The Balaban J connectivity index is 1.32. The van der Waals surface area contributed by atoms with Crippen LogP contribution in [0.4, 0.5) is 0 Å². The van der Waals surface area contributed by atoms with Gasteiger partial charge in [0.15, 0.2) is 24.3 Å². The van der Waals surface area contributed by atoms with E-state index in [0.717, 1.165) is 44.1 Å². The van der Waals surface area contributed by atoms with Gasteiger partial charge in [0.2, 0.25) is 5.78 Å². The van der Waals surface area contributed by atoms with Gasteiger partial charge in [-0.25, -0.2) is 0 Å². The van der Waals surface area contributed by atoms with Crippen LogP contribution in [0.15, 0.2) is 23.8 Å². The molecule has 0 aromatic heterocycles. The topological polar surface area (TPSA) is 125 Å². The van der Waals surface area contributed by atoms with E-state index in [1.165, 1.54) is 6.42 Å². The molecule has 6 rings (SSSR count). The molecule has 8 nitrogen and oxygen atoms in total. The van der Waals surface area contributed by atoms with Gasteiger partial charge in [-0.05, 0) is 75.5 Å². The Labute approximate surface area is 237 Å². The van der Waals surface area contributed by atoms with E-state index in [-0.39, 0.29) is 48.3 Å². The summed E-state index contributed by atoms with van der Waals surface area (Å²) in [6, 6.07) is 0. The maximum atomic E-state index is 14.3. The average Bonchev–Trinajstić information content (AvgIpc) is 3.44. The van der Waals surface area contributed by atoms with Crippen LogP contribution in [0.1, 0.15) is 84.5 Å². The molecule has 8 heteroatoms. The number of ether oxygens (including phenoxy) is 3. The first-order valence-electron chi connectivity index (χ1n) is 15.5. The number of Topliss-reactive ketones (excluding diaryl/α,β-unsaturated/α-hetero) is 1. The summed E-state index contributed by atoms with van der Waals surface area (Å²) in [4.78, 5) is 38.8. The number of carbonyl (C=O) groups excluding carboxylic acids is 3. The van der Waals surface area contributed by atoms with Crippen LogP contribution in [0.3, 0.4) is 0 Å². The Hall–Kier alpha value is -1.87. The average molecular weight is 556 g/mol. The molecule has 6 aliphatic rings. The zero-order valence-electron chi connectivity index (χ0n) is 23.9. The van der Waals surface area contributed by atoms with E-state index in [9.17, 15) is 19.5 Å². The molecule has 0 radical (unpaired) electrons. The van der Waals surface area contributed by atoms with Gasteiger partial charge in [-0.2, -0.15) is 0 Å². The molecule has 0 aromatic rings. The Morgan fingerprint density at radius 1 is 1.18 bits per heavy atom. The summed E-state index contributed by atoms with van der Waals surface area (Å²) in [7, 11) is 0. The van der Waals surface area contributed by atoms with E-state index in [1.54, 1.807) is 12.2 Å². The molecule has 0 spiro atoms. The fraction of sp³-hybridized carbons (Fsp3) is 0.781. The van der Waals surface area contributed by atoms with E-state index >= 15 is 0 Å². The maximum absolute atomic E-state index is 14.3. The molecule has 0 bridgehead atoms. The zero-order valence-corrected chi connectivity index (χ0v) is 23.9. The maximum Gasteiger partial charge on any atom is 0.306 e. The summed E-state index contributed by atoms with van der Waals surface area (Å²) in [6.45, 7) is 4.27. The first kappa shape index (κ1) is 28.3. The molecule has 1 saturated heterocycles. The van der Waals surface area contributed by atoms with Crippen LogP contribution >= 0.6 is 0 Å². The second-order valence-corrected chi connectivity index (χ2v) is 13.7. The van der Waals surface area contributed by atoms with Crippen LogP contribution in [0.2, 0.25) is 0 Å². The minimum atomic E-state index is -1.27. The lowest BCUT2D eigenvalue weighted by Crippen LogP contribution is -2.63. The number of rotatable bonds is 7. The molecule has 3 N–H and O–H groups in total. The highest BCUT2D eigenvalue weighted by Gasteiger charge is 2.76. The monoisotopic (exact) mass is 555 g/mol. The number of esters is 1. The number of carbonyl (C=O) groups is 3. The number of aliphatic hydroxyl groups excluding tert-OH is 1. The van der Waals surface area contributed by atoms with Crippen LogP contribution in [0.25, 0.3) is 0 Å². The molecule has 4 saturated carbocycles. The number of allylic oxidation sites excluding steroid dienone is 4. The zero-order chi connectivity index (χ0) is 28.3. The van der Waals surface area contributed by atoms with Gasteiger partial charge in [0.25, 0.3) is 0 Å². The molecule has 220 valence electrons. The highest BCUT2D eigenvalue weighted by Crippen LogP contribution is 2.70. The third-order valence-electron chi connectivity index (χ3n) is 11.7. The smallest absolute Gasteiger partial charge is 0.306 e. The number of aliphatic hydroxyl groups is 1. The first-order chi connectivity index (χ1) is 19.1. The fourth-order valence-corrected chi connectivity index (χ4v) is 9.78. The van der Waals surface area contributed by atoms with Crippen molar-refractivity contribution in [1.82, 2.24) is 0 Å². The van der Waals surface area contributed by atoms with Crippen molar-refractivity contribution in [1.29, 1.82) is 0 Å². The number of nitrogens with two attached hydrogens (primary N) is 1. The summed E-state index contributed by atoms with van der Waals surface area (Å²) >= 11 is 0. The molecule has 0 amide bonds. The molecule has 5 fully saturated rings. The van der Waals surface area contributed by atoms with Gasteiger partial charge in [-0.15, -0.1) is 0 Å². The molecule has 9 atom stereocenters. The van der Waals surface area contributed by atoms with Gasteiger partial charge in [0, 0.05) is 29.1 Å². The van der Waals surface area contributed by atoms with Gasteiger partial charge >= 0.3 is 5.97 Å². The van der Waals surface area contributed by atoms with Crippen LogP contribution in [-0.2, 0) is 28.6 Å². The summed E-state index contributed by atoms with van der Waals surface area (Å²) in [6.07, 6.45) is 12.7. The van der Waals surface area contributed by atoms with Gasteiger partial charge < -0.3 is 25.1 Å². The minimum Gasteiger partial charge on any atom is -0.458 e. The van der Waals surface area contributed by atoms with E-state index in [1.807, 2.05) is 6.08 Å². The van der Waals surface area contributed by atoms with Crippen LogP contribution in [-0.4, -0.2) is 59.9 Å². The SMILES string of the molecule is C[C@]12C=CC(=O)C=C1CCC1C2[C@@H](O)C[C@@]2(C)C1C[C@@H]1O[C@@H](C3CCCCC3)O[C@]12C(=O)COC(=O)CCCN. The molecule has 1 heterocycles. The third-order valence-corrected chi connectivity index (χ3v) is 11.7. The lowest BCUT2D eigenvalue weighted by Gasteiger charge is -2.59. The summed E-state index contributed by atoms with van der Waals surface area (Å²) in [5.41, 5.74) is 4.31. The second kappa shape index (κ2) is 10.4. The largest absolute Gasteiger partial charge is 0.458 e. The predicted molar refractivity (Wildman–Crippen MR) is 147 cm³/mol. The number of ketones is 2. The van der Waals surface area contributed by atoms with Crippen molar-refractivity contribution in [2.45, 2.75) is 109 Å². The number of fused-ring (bicyclic) bond motifs is 7. The van der Waals surface area contributed by atoms with Crippen molar-refractivity contribution >= 4 is 17.5 Å². The lowest BCUT2D eigenvalue weighted by atomic mass is 9.46. The van der Waals surface area contributed by atoms with E-state index in [0.29, 0.717) is 25.8 Å². The van der Waals surface area contributed by atoms with Crippen molar-refractivity contribution in [2.75, 3.05) is 13.2 Å². The van der Waals surface area contributed by atoms with E-state index in [2.05, 4.69) is 13.8 Å². The van der Waals surface area contributed by atoms with Gasteiger partial charge in [0.1, 0.15) is 0 Å². The second-order valence-electron chi connectivity index (χ2n) is 13.7. The predicted octanol–water partition coefficient (Wildman–Crippen LogP) is 3.79. The third kappa shape index (κ3) is 4.19. The van der Waals surface area contributed by atoms with Gasteiger partial charge in [0.05, 0.1) is 12.2 Å². The summed E-state index contributed by atoms with van der Waals surface area (Å²) in [5, 5.41) is 11.9. The van der Waals surface area contributed by atoms with Crippen LogP contribution in [0, 0.1) is 34.5 Å². The minimum absolute atomic E-state index is 0.0116. The van der Waals surface area contributed by atoms with Crippen molar-refractivity contribution in [3.8, 4) is 0 Å². The van der Waals surface area contributed by atoms with Crippen LogP contribution < -0.4 is 5.73 Å². The Morgan fingerprint density at radius 3 is 2.70 bits per heavy atom. The normalized spacial score (nSPS) is 44.3. The highest BCUT2D eigenvalue weighted by molar-refractivity contribution is 6.01. The highest BCUT2D eigenvalue weighted by atomic mass is 16.7. The van der Waals surface area contributed by atoms with Crippen LogP contribution in [0.5, 0.6) is 0 Å². The fourth-order valence-electron chi connectivity index (χ4n) is 9.78. The number of hydrogen-bond donors (Lipinski definition) is 2. The summed E-state index contributed by atoms with van der Waals surface area (Å²) in [5.74, 6) is -0.238. The first-order valence-corrected chi connectivity index (χ1v) is 15.5. The quantitative estimate of drug-likeness (QED) is 0.455. The Kier molecular flexibility index (Phi) is 7.38. The Bertz CT molecular complexity index is 1110. The molecule has 40 heavy (non-hydrogen) atoms. The standard InChI is InChI=1S/C32H45NO7/c1-30-13-12-21(34)15-20(30)10-11-22-23-16-26-32(31(23,2)17-24(35)28(22)30,25(36)18-38-27(37)9-6-14-33)40-29(39-26)19-7-4-3-5-8-19/h12-13,15,19,22-24,26,28-29,35H,3-11,14,16-18,33H2,1-2H3/t22?,23?,24-,26-,28?,29+,30-,31-,32+/m0/s1. The van der Waals surface area contributed by atoms with Crippen molar-refractivity contribution in [3.63, 3.8) is 0 Å². The van der Waals surface area contributed by atoms with Crippen molar-refractivity contribution < 1.29 is 33.7 Å². The molecule has 3 unspecified atom stereocenters. The number of hydrogen-bond acceptors (Lipinski definition) is 8.